The second-order valence-electron chi connectivity index (χ2n) is 15.1. The zero-order chi connectivity index (χ0) is 39.6. The van der Waals surface area contributed by atoms with Crippen molar-refractivity contribution in [3.63, 3.8) is 0 Å². The second-order valence-corrected chi connectivity index (χ2v) is 16.2. The van der Waals surface area contributed by atoms with Gasteiger partial charge in [0, 0.05) is 53.6 Å². The first-order chi connectivity index (χ1) is 29.7. The van der Waals surface area contributed by atoms with Crippen LogP contribution in [-0.2, 0) is 0 Å². The van der Waals surface area contributed by atoms with Gasteiger partial charge in [-0.25, -0.2) is 4.98 Å². The average molecular weight is 787 g/mol. The minimum Gasteiger partial charge on any atom is -0.456 e. The Kier molecular flexibility index (Phi) is 8.00. The number of thiophene rings is 1. The van der Waals surface area contributed by atoms with Gasteiger partial charge in [-0.1, -0.05) is 127 Å². The molecule has 0 radical (unpaired) electrons. The van der Waals surface area contributed by atoms with Gasteiger partial charge >= 0.3 is 0 Å². The number of oxazole rings is 1. The van der Waals surface area contributed by atoms with E-state index in [1.54, 1.807) is 11.3 Å². The minimum absolute atomic E-state index is 0.592. The fourth-order valence-electron chi connectivity index (χ4n) is 8.64. The molecule has 60 heavy (non-hydrogen) atoms. The summed E-state index contributed by atoms with van der Waals surface area (Å²) in [6.07, 6.45) is 0. The number of benzene rings is 9. The molecule has 0 N–H and O–H groups in total. The molecular formula is C55H34N2O2S. The number of rotatable bonds is 7. The molecular weight excluding hydrogens is 753 g/mol. The summed E-state index contributed by atoms with van der Waals surface area (Å²) in [7, 11) is 0. The molecule has 0 aliphatic rings. The number of para-hydroxylation sites is 1. The number of aromatic nitrogens is 1. The standard InChI is InChI=1S/C55H34N2O2S/c1-3-11-35(12-4-1)37-21-26-41(27-22-37)57(43-16-9-15-39(33-43)36-13-5-2-6-14-36)42-28-23-38(24-29-42)40-25-31-50-46(34-40)53-51(60-50)32-30-49-54(53)56-55(59-49)45-18-10-20-48-52(45)44-17-7-8-19-47(44)58-48/h1-34H. The zero-order valence-corrected chi connectivity index (χ0v) is 33.1. The van der Waals surface area contributed by atoms with Crippen molar-refractivity contribution >= 4 is 81.6 Å². The molecule has 0 saturated heterocycles. The zero-order valence-electron chi connectivity index (χ0n) is 32.2. The molecule has 0 spiro atoms. The molecule has 4 nitrogen and oxygen atoms in total. The van der Waals surface area contributed by atoms with E-state index in [0.29, 0.717) is 5.89 Å². The fraction of sp³-hybridized carbons (Fsp3) is 0. The van der Waals surface area contributed by atoms with Gasteiger partial charge in [0.15, 0.2) is 5.58 Å². The van der Waals surface area contributed by atoms with Crippen molar-refractivity contribution in [1.82, 2.24) is 4.98 Å². The van der Waals surface area contributed by atoms with Gasteiger partial charge < -0.3 is 13.7 Å². The van der Waals surface area contributed by atoms with Crippen molar-refractivity contribution < 1.29 is 8.83 Å². The molecule has 282 valence electrons. The highest BCUT2D eigenvalue weighted by atomic mass is 32.1. The summed E-state index contributed by atoms with van der Waals surface area (Å²) < 4.78 is 15.1. The van der Waals surface area contributed by atoms with Crippen molar-refractivity contribution in [3.05, 3.63) is 206 Å². The fourth-order valence-corrected chi connectivity index (χ4v) is 9.73. The van der Waals surface area contributed by atoms with Crippen LogP contribution in [0.2, 0.25) is 0 Å². The Morgan fingerprint density at radius 2 is 0.950 bits per heavy atom. The van der Waals surface area contributed by atoms with E-state index < -0.39 is 0 Å². The van der Waals surface area contributed by atoms with Gasteiger partial charge in [0.05, 0.1) is 0 Å². The van der Waals surface area contributed by atoms with Crippen molar-refractivity contribution in [3.8, 4) is 44.8 Å². The molecule has 0 aliphatic carbocycles. The van der Waals surface area contributed by atoms with Crippen molar-refractivity contribution in [1.29, 1.82) is 0 Å². The van der Waals surface area contributed by atoms with E-state index in [-0.39, 0.29) is 0 Å². The molecule has 5 heteroatoms. The quantitative estimate of drug-likeness (QED) is 0.161. The van der Waals surface area contributed by atoms with E-state index in [4.69, 9.17) is 13.8 Å². The summed E-state index contributed by atoms with van der Waals surface area (Å²) in [6.45, 7) is 0. The van der Waals surface area contributed by atoms with E-state index in [2.05, 4.69) is 175 Å². The van der Waals surface area contributed by atoms with Crippen molar-refractivity contribution in [2.24, 2.45) is 0 Å². The maximum atomic E-state index is 6.54. The topological polar surface area (TPSA) is 42.4 Å². The predicted molar refractivity (Wildman–Crippen MR) is 251 cm³/mol. The van der Waals surface area contributed by atoms with E-state index >= 15 is 0 Å². The van der Waals surface area contributed by atoms with Gasteiger partial charge in [0.2, 0.25) is 5.89 Å². The minimum atomic E-state index is 0.592. The number of hydrogen-bond donors (Lipinski definition) is 0. The summed E-state index contributed by atoms with van der Waals surface area (Å²) in [4.78, 5) is 7.54. The molecule has 12 aromatic rings. The number of anilines is 3. The molecule has 9 aromatic carbocycles. The van der Waals surface area contributed by atoms with Crippen LogP contribution in [0.3, 0.4) is 0 Å². The normalized spacial score (nSPS) is 11.7. The first kappa shape index (κ1) is 34.3. The maximum absolute atomic E-state index is 6.54. The molecule has 0 fully saturated rings. The van der Waals surface area contributed by atoms with Gasteiger partial charge in [-0.2, -0.15) is 0 Å². The molecule has 0 bridgehead atoms. The van der Waals surface area contributed by atoms with Gasteiger partial charge in [-0.15, -0.1) is 11.3 Å². The van der Waals surface area contributed by atoms with E-state index in [1.807, 2.05) is 36.4 Å². The van der Waals surface area contributed by atoms with Crippen molar-refractivity contribution in [2.75, 3.05) is 4.90 Å². The third-order valence-electron chi connectivity index (χ3n) is 11.5. The first-order valence-electron chi connectivity index (χ1n) is 20.1. The summed E-state index contributed by atoms with van der Waals surface area (Å²) in [5, 5.41) is 4.36. The lowest BCUT2D eigenvalue weighted by molar-refractivity contribution is 0.620. The summed E-state index contributed by atoms with van der Waals surface area (Å²) in [5.74, 6) is 0.592. The maximum Gasteiger partial charge on any atom is 0.228 e. The molecule has 12 rings (SSSR count). The van der Waals surface area contributed by atoms with Gasteiger partial charge in [0.1, 0.15) is 16.7 Å². The van der Waals surface area contributed by atoms with Crippen LogP contribution in [0.4, 0.5) is 17.1 Å². The van der Waals surface area contributed by atoms with E-state index in [1.165, 1.54) is 37.0 Å². The van der Waals surface area contributed by atoms with E-state index in [0.717, 1.165) is 72.2 Å². The highest BCUT2D eigenvalue weighted by Gasteiger charge is 2.20. The Labute approximate surface area is 349 Å². The van der Waals surface area contributed by atoms with Crippen LogP contribution in [-0.4, -0.2) is 4.98 Å². The van der Waals surface area contributed by atoms with Gasteiger partial charge in [-0.05, 0) is 112 Å². The predicted octanol–water partition coefficient (Wildman–Crippen LogP) is 16.2. The van der Waals surface area contributed by atoms with Crippen LogP contribution < -0.4 is 4.90 Å². The smallest absolute Gasteiger partial charge is 0.228 e. The number of furan rings is 1. The third-order valence-corrected chi connectivity index (χ3v) is 12.7. The van der Waals surface area contributed by atoms with Crippen molar-refractivity contribution in [2.45, 2.75) is 0 Å². The van der Waals surface area contributed by atoms with Crippen LogP contribution in [0.25, 0.3) is 98.0 Å². The Balaban J connectivity index is 0.939. The number of hydrogen-bond acceptors (Lipinski definition) is 5. The average Bonchev–Trinajstić information content (AvgIpc) is 4.03. The SMILES string of the molecule is c1ccc(-c2ccc(N(c3ccc(-c4ccc5sc6ccc7oc(-c8cccc9oc%10ccccc%10c89)nc7c6c5c4)cc3)c3cccc(-c4ccccc4)c3)cc2)cc1. The van der Waals surface area contributed by atoms with Crippen LogP contribution in [0.1, 0.15) is 0 Å². The summed E-state index contributed by atoms with van der Waals surface area (Å²) in [5.41, 5.74) is 14.5. The van der Waals surface area contributed by atoms with Crippen LogP contribution in [0.15, 0.2) is 215 Å². The second kappa shape index (κ2) is 14.0. The lowest BCUT2D eigenvalue weighted by Crippen LogP contribution is -2.10. The molecule has 0 saturated carbocycles. The monoisotopic (exact) mass is 786 g/mol. The van der Waals surface area contributed by atoms with Gasteiger partial charge in [0.25, 0.3) is 0 Å². The Morgan fingerprint density at radius 3 is 1.72 bits per heavy atom. The van der Waals surface area contributed by atoms with E-state index in [9.17, 15) is 0 Å². The third kappa shape index (κ3) is 5.78. The molecule has 0 aliphatic heterocycles. The van der Waals surface area contributed by atoms with Crippen LogP contribution in [0.5, 0.6) is 0 Å². The lowest BCUT2D eigenvalue weighted by Gasteiger charge is -2.26. The molecule has 0 atom stereocenters. The summed E-state index contributed by atoms with van der Waals surface area (Å²) in [6, 6.07) is 72.9. The molecule has 3 heterocycles. The highest BCUT2D eigenvalue weighted by Crippen LogP contribution is 2.44. The lowest BCUT2D eigenvalue weighted by atomic mass is 10.0. The number of nitrogens with zero attached hydrogens (tertiary/aromatic N) is 2. The summed E-state index contributed by atoms with van der Waals surface area (Å²) >= 11 is 1.79. The van der Waals surface area contributed by atoms with Crippen LogP contribution >= 0.6 is 11.3 Å². The molecule has 3 aromatic heterocycles. The molecule has 0 amide bonds. The largest absolute Gasteiger partial charge is 0.456 e. The first-order valence-corrected chi connectivity index (χ1v) is 20.9. The Bertz CT molecular complexity index is 3530. The number of fused-ring (bicyclic) bond motifs is 8. The van der Waals surface area contributed by atoms with Gasteiger partial charge in [-0.3, -0.25) is 0 Å². The highest BCUT2D eigenvalue weighted by molar-refractivity contribution is 7.26. The molecule has 0 unspecified atom stereocenters. The Morgan fingerprint density at radius 1 is 0.367 bits per heavy atom. The Hall–Kier alpha value is -7.73. The van der Waals surface area contributed by atoms with Crippen LogP contribution in [0, 0.1) is 0 Å².